The number of aromatic nitrogens is 1. The molecule has 5 nitrogen and oxygen atoms in total. The average Bonchev–Trinajstić information content (AvgIpc) is 3.35. The molecule has 1 atom stereocenters. The van der Waals surface area contributed by atoms with Crippen molar-refractivity contribution in [2.45, 2.75) is 12.5 Å². The van der Waals surface area contributed by atoms with E-state index in [1.807, 2.05) is 66.0 Å². The van der Waals surface area contributed by atoms with Gasteiger partial charge in [-0.1, -0.05) is 47.6 Å². The van der Waals surface area contributed by atoms with Gasteiger partial charge in [0.25, 0.3) is 0 Å². The van der Waals surface area contributed by atoms with Crippen LogP contribution in [0.4, 0.5) is 0 Å². The second-order valence-electron chi connectivity index (χ2n) is 6.51. The standard InChI is InChI=1S/C22H22N2O3S/c25-19(16-6-2-1-3-7-16)15-23-11-5-12-26-18-9-4-8-17(14-18)21-22-20(27-24-21)10-13-28-22/h1-4,6-10,13-14,19,23,25H,5,11-12,15H2. The van der Waals surface area contributed by atoms with Crippen LogP contribution in [0.2, 0.25) is 0 Å². The highest BCUT2D eigenvalue weighted by atomic mass is 32.1. The van der Waals surface area contributed by atoms with Gasteiger partial charge in [0.15, 0.2) is 5.58 Å². The number of benzene rings is 2. The molecule has 0 saturated heterocycles. The fourth-order valence-corrected chi connectivity index (χ4v) is 3.83. The maximum absolute atomic E-state index is 10.1. The van der Waals surface area contributed by atoms with Gasteiger partial charge in [-0.2, -0.15) is 0 Å². The Morgan fingerprint density at radius 1 is 1.11 bits per heavy atom. The highest BCUT2D eigenvalue weighted by Gasteiger charge is 2.12. The number of ether oxygens (including phenoxy) is 1. The summed E-state index contributed by atoms with van der Waals surface area (Å²) in [4.78, 5) is 0. The maximum Gasteiger partial charge on any atom is 0.178 e. The van der Waals surface area contributed by atoms with Gasteiger partial charge in [0.05, 0.1) is 12.7 Å². The van der Waals surface area contributed by atoms with E-state index < -0.39 is 6.10 Å². The quantitative estimate of drug-likeness (QED) is 0.405. The number of thiophene rings is 1. The van der Waals surface area contributed by atoms with Gasteiger partial charge in [-0.15, -0.1) is 11.3 Å². The lowest BCUT2D eigenvalue weighted by molar-refractivity contribution is 0.173. The topological polar surface area (TPSA) is 67.5 Å². The van der Waals surface area contributed by atoms with Crippen molar-refractivity contribution in [3.8, 4) is 17.0 Å². The molecular formula is C22H22N2O3S. The van der Waals surface area contributed by atoms with Crippen LogP contribution in [0.15, 0.2) is 70.6 Å². The SMILES string of the molecule is OC(CNCCCOc1cccc(-c2noc3ccsc23)c1)c1ccccc1. The molecule has 2 aromatic heterocycles. The van der Waals surface area contributed by atoms with Crippen molar-refractivity contribution in [2.75, 3.05) is 19.7 Å². The van der Waals surface area contributed by atoms with Gasteiger partial charge in [-0.25, -0.2) is 0 Å². The smallest absolute Gasteiger partial charge is 0.178 e. The molecule has 2 aromatic carbocycles. The largest absolute Gasteiger partial charge is 0.494 e. The van der Waals surface area contributed by atoms with E-state index in [4.69, 9.17) is 9.26 Å². The summed E-state index contributed by atoms with van der Waals surface area (Å²) in [5, 5.41) is 19.6. The summed E-state index contributed by atoms with van der Waals surface area (Å²) in [7, 11) is 0. The Balaban J connectivity index is 1.23. The molecule has 6 heteroatoms. The predicted molar refractivity (Wildman–Crippen MR) is 112 cm³/mol. The van der Waals surface area contributed by atoms with Crippen LogP contribution in [0.1, 0.15) is 18.1 Å². The van der Waals surface area contributed by atoms with E-state index in [1.165, 1.54) is 0 Å². The van der Waals surface area contributed by atoms with Crippen LogP contribution in [-0.4, -0.2) is 30.0 Å². The van der Waals surface area contributed by atoms with E-state index in [9.17, 15) is 5.11 Å². The van der Waals surface area contributed by atoms with Crippen LogP contribution in [0, 0.1) is 0 Å². The first-order valence-electron chi connectivity index (χ1n) is 9.31. The number of aliphatic hydroxyl groups excluding tert-OH is 1. The summed E-state index contributed by atoms with van der Waals surface area (Å²) in [6.07, 6.45) is 0.362. The lowest BCUT2D eigenvalue weighted by atomic mass is 10.1. The molecule has 0 aliphatic rings. The van der Waals surface area contributed by atoms with Crippen LogP contribution in [0.5, 0.6) is 5.75 Å². The number of rotatable bonds is 9. The fourth-order valence-electron chi connectivity index (χ4n) is 3.01. The third kappa shape index (κ3) is 4.42. The molecule has 0 amide bonds. The van der Waals surface area contributed by atoms with E-state index in [0.717, 1.165) is 45.8 Å². The summed E-state index contributed by atoms with van der Waals surface area (Å²) in [6.45, 7) is 1.91. The van der Waals surface area contributed by atoms with E-state index in [1.54, 1.807) is 11.3 Å². The molecule has 0 bridgehead atoms. The summed E-state index contributed by atoms with van der Waals surface area (Å²) >= 11 is 1.62. The van der Waals surface area contributed by atoms with Gasteiger partial charge in [0.1, 0.15) is 16.1 Å². The summed E-state index contributed by atoms with van der Waals surface area (Å²) in [6, 6.07) is 19.5. The minimum Gasteiger partial charge on any atom is -0.494 e. The monoisotopic (exact) mass is 394 g/mol. The van der Waals surface area contributed by atoms with Crippen molar-refractivity contribution in [3.05, 3.63) is 71.6 Å². The van der Waals surface area contributed by atoms with Crippen LogP contribution in [-0.2, 0) is 0 Å². The van der Waals surface area contributed by atoms with Crippen LogP contribution in [0.3, 0.4) is 0 Å². The second-order valence-corrected chi connectivity index (χ2v) is 7.42. The molecule has 0 saturated carbocycles. The molecule has 0 radical (unpaired) electrons. The molecule has 0 fully saturated rings. The molecule has 0 spiro atoms. The Hall–Kier alpha value is -2.67. The van der Waals surface area contributed by atoms with Crippen LogP contribution < -0.4 is 10.1 Å². The van der Waals surface area contributed by atoms with Gasteiger partial charge in [-0.3, -0.25) is 0 Å². The molecule has 1 unspecified atom stereocenters. The second kappa shape index (κ2) is 9.01. The van der Waals surface area contributed by atoms with Gasteiger partial charge in [-0.05, 0) is 42.1 Å². The first-order chi connectivity index (χ1) is 13.8. The molecule has 0 aliphatic heterocycles. The van der Waals surface area contributed by atoms with E-state index >= 15 is 0 Å². The Kier molecular flexibility index (Phi) is 6.01. The van der Waals surface area contributed by atoms with E-state index in [-0.39, 0.29) is 0 Å². The van der Waals surface area contributed by atoms with Crippen LogP contribution >= 0.6 is 11.3 Å². The summed E-state index contributed by atoms with van der Waals surface area (Å²) in [5.74, 6) is 0.814. The Morgan fingerprint density at radius 2 is 2.00 bits per heavy atom. The van der Waals surface area contributed by atoms with Gasteiger partial charge < -0.3 is 19.7 Å². The lowest BCUT2D eigenvalue weighted by Crippen LogP contribution is -2.23. The van der Waals surface area contributed by atoms with Crippen molar-refractivity contribution in [1.29, 1.82) is 0 Å². The van der Waals surface area contributed by atoms with Gasteiger partial charge >= 0.3 is 0 Å². The lowest BCUT2D eigenvalue weighted by Gasteiger charge is -2.12. The minimum absolute atomic E-state index is 0.490. The van der Waals surface area contributed by atoms with Crippen molar-refractivity contribution < 1.29 is 14.4 Å². The third-order valence-electron chi connectivity index (χ3n) is 4.48. The first-order valence-corrected chi connectivity index (χ1v) is 10.2. The van der Waals surface area contributed by atoms with Crippen LogP contribution in [0.25, 0.3) is 21.5 Å². The Morgan fingerprint density at radius 3 is 2.89 bits per heavy atom. The third-order valence-corrected chi connectivity index (χ3v) is 5.38. The molecule has 144 valence electrons. The molecule has 28 heavy (non-hydrogen) atoms. The fraction of sp³-hybridized carbons (Fsp3) is 0.227. The number of nitrogens with zero attached hydrogens (tertiary/aromatic N) is 1. The predicted octanol–water partition coefficient (Wildman–Crippen LogP) is 4.65. The molecule has 4 rings (SSSR count). The van der Waals surface area contributed by atoms with Crippen molar-refractivity contribution in [3.63, 3.8) is 0 Å². The first kappa shape index (κ1) is 18.7. The molecule has 2 N–H and O–H groups in total. The number of hydrogen-bond acceptors (Lipinski definition) is 6. The van der Waals surface area contributed by atoms with Gasteiger partial charge in [0, 0.05) is 12.1 Å². The number of aliphatic hydroxyl groups is 1. The molecule has 0 aliphatic carbocycles. The van der Waals surface area contributed by atoms with Crippen molar-refractivity contribution in [1.82, 2.24) is 10.5 Å². The highest BCUT2D eigenvalue weighted by molar-refractivity contribution is 7.17. The average molecular weight is 394 g/mol. The molecular weight excluding hydrogens is 372 g/mol. The van der Waals surface area contributed by atoms with Gasteiger partial charge in [0.2, 0.25) is 0 Å². The normalized spacial score (nSPS) is 12.3. The zero-order chi connectivity index (χ0) is 19.2. The Bertz CT molecular complexity index is 1010. The minimum atomic E-state index is -0.490. The highest BCUT2D eigenvalue weighted by Crippen LogP contribution is 2.33. The zero-order valence-corrected chi connectivity index (χ0v) is 16.2. The summed E-state index contributed by atoms with van der Waals surface area (Å²) < 4.78 is 12.3. The number of fused-ring (bicyclic) bond motifs is 1. The Labute approximate surface area is 167 Å². The molecule has 2 heterocycles. The zero-order valence-electron chi connectivity index (χ0n) is 15.4. The number of hydrogen-bond donors (Lipinski definition) is 2. The van der Waals surface area contributed by atoms with Crippen molar-refractivity contribution in [2.24, 2.45) is 0 Å². The number of nitrogens with one attached hydrogen (secondary N) is 1. The van der Waals surface area contributed by atoms with E-state index in [2.05, 4.69) is 10.5 Å². The van der Waals surface area contributed by atoms with E-state index in [0.29, 0.717) is 13.2 Å². The summed E-state index contributed by atoms with van der Waals surface area (Å²) in [5.41, 5.74) is 3.58. The van der Waals surface area contributed by atoms with Crippen molar-refractivity contribution >= 4 is 21.6 Å². The maximum atomic E-state index is 10.1. The molecule has 4 aromatic rings.